The van der Waals surface area contributed by atoms with E-state index in [2.05, 4.69) is 30.8 Å². The van der Waals surface area contributed by atoms with Gasteiger partial charge in [0.05, 0.1) is 26.2 Å². The van der Waals surface area contributed by atoms with E-state index in [0.29, 0.717) is 50.3 Å². The molecule has 17 heteroatoms. The number of anilines is 2. The van der Waals surface area contributed by atoms with Gasteiger partial charge in [-0.05, 0) is 74.5 Å². The SMILES string of the molecule is COc1ncnc(NC23CC(C2)C(N2CCOCC2)C3)c1C(=O)N[C@@H]1[C@H]2CC[C@H](C2)[C@@H]1C(=O)Nc1ccc(F)c(S(F)(F)(F)(F)F)c1. The lowest BCUT2D eigenvalue weighted by molar-refractivity contribution is -0.122. The van der Waals surface area contributed by atoms with Crippen molar-refractivity contribution in [2.45, 2.75) is 61.0 Å². The van der Waals surface area contributed by atoms with E-state index >= 15 is 0 Å². The lowest BCUT2D eigenvalue weighted by Gasteiger charge is -2.41. The number of nitrogens with zero attached hydrogens (tertiary/aromatic N) is 3. The lowest BCUT2D eigenvalue weighted by atomic mass is 9.76. The molecule has 0 radical (unpaired) electrons. The number of carbonyl (C=O) groups is 2. The molecule has 3 N–H and O–H groups in total. The van der Waals surface area contributed by atoms with Crippen molar-refractivity contribution >= 4 is 33.5 Å². The average Bonchev–Trinajstić information content (AvgIpc) is 3.77. The van der Waals surface area contributed by atoms with Gasteiger partial charge in [-0.25, -0.2) is 14.4 Å². The summed E-state index contributed by atoms with van der Waals surface area (Å²) in [5.74, 6) is -3.78. The van der Waals surface area contributed by atoms with Gasteiger partial charge in [-0.2, -0.15) is 0 Å². The van der Waals surface area contributed by atoms with Gasteiger partial charge in [0.15, 0.2) is 0 Å². The highest BCUT2D eigenvalue weighted by atomic mass is 32.5. The molecule has 4 bridgehead atoms. The Balaban J connectivity index is 1.09. The summed E-state index contributed by atoms with van der Waals surface area (Å²) in [6.07, 6.45) is 5.97. The molecule has 1 aromatic heterocycles. The third-order valence-electron chi connectivity index (χ3n) is 10.7. The minimum Gasteiger partial charge on any atom is -0.480 e. The van der Waals surface area contributed by atoms with E-state index in [1.54, 1.807) is 0 Å². The second-order valence-corrected chi connectivity index (χ2v) is 15.9. The number of halogens is 6. The molecular weight excluding hydrogens is 654 g/mol. The van der Waals surface area contributed by atoms with Crippen LogP contribution in [0.25, 0.3) is 0 Å². The van der Waals surface area contributed by atoms with Gasteiger partial charge in [-0.1, -0.05) is 19.4 Å². The van der Waals surface area contributed by atoms with Crippen LogP contribution in [0.1, 0.15) is 48.9 Å². The Labute approximate surface area is 267 Å². The number of morpholine rings is 1. The molecule has 5 atom stereocenters. The first-order chi connectivity index (χ1) is 22.0. The number of rotatable bonds is 9. The van der Waals surface area contributed by atoms with Crippen molar-refractivity contribution < 1.29 is 42.9 Å². The van der Waals surface area contributed by atoms with Crippen LogP contribution in [0.2, 0.25) is 0 Å². The zero-order chi connectivity index (χ0) is 33.4. The van der Waals surface area contributed by atoms with Crippen LogP contribution in [0.15, 0.2) is 29.4 Å². The summed E-state index contributed by atoms with van der Waals surface area (Å²) < 4.78 is 92.0. The number of carbonyl (C=O) groups excluding carboxylic acids is 2. The summed E-state index contributed by atoms with van der Waals surface area (Å²) in [6, 6.07) is 0.648. The number of hydrogen-bond acceptors (Lipinski definition) is 8. The smallest absolute Gasteiger partial charge is 0.313 e. The van der Waals surface area contributed by atoms with Crippen molar-refractivity contribution in [1.29, 1.82) is 0 Å². The fourth-order valence-electron chi connectivity index (χ4n) is 8.72. The monoisotopic (exact) mass is 690 g/mol. The van der Waals surface area contributed by atoms with Crippen LogP contribution in [-0.2, 0) is 9.53 Å². The summed E-state index contributed by atoms with van der Waals surface area (Å²) in [5, 5.41) is 8.73. The predicted octanol–water partition coefficient (Wildman–Crippen LogP) is 5.73. The number of aromatic nitrogens is 2. The van der Waals surface area contributed by atoms with Gasteiger partial charge in [-0.15, -0.1) is 0 Å². The zero-order valence-electron chi connectivity index (χ0n) is 25.5. The first kappa shape index (κ1) is 32.2. The number of benzene rings is 1. The largest absolute Gasteiger partial charge is 0.480 e. The molecule has 1 aliphatic heterocycles. The maximum atomic E-state index is 14.0. The number of hydrogen-bond donors (Lipinski definition) is 3. The van der Waals surface area contributed by atoms with Gasteiger partial charge < -0.3 is 25.4 Å². The molecule has 258 valence electrons. The van der Waals surface area contributed by atoms with Gasteiger partial charge >= 0.3 is 10.2 Å². The zero-order valence-corrected chi connectivity index (χ0v) is 26.3. The Kier molecular flexibility index (Phi) is 7.27. The van der Waals surface area contributed by atoms with Crippen molar-refractivity contribution in [3.8, 4) is 5.88 Å². The van der Waals surface area contributed by atoms with Crippen molar-refractivity contribution in [3.63, 3.8) is 0 Å². The van der Waals surface area contributed by atoms with E-state index in [9.17, 15) is 33.4 Å². The molecule has 1 unspecified atom stereocenters. The molecule has 1 aromatic carbocycles. The minimum absolute atomic E-state index is 0.0361. The van der Waals surface area contributed by atoms with Gasteiger partial charge in [0, 0.05) is 36.4 Å². The molecule has 6 fully saturated rings. The lowest BCUT2D eigenvalue weighted by Crippen LogP contribution is -2.49. The summed E-state index contributed by atoms with van der Waals surface area (Å²) in [4.78, 5) is 35.7. The first-order valence-corrected chi connectivity index (χ1v) is 17.6. The third kappa shape index (κ3) is 5.98. The molecule has 0 spiro atoms. The number of nitrogens with one attached hydrogen (secondary N) is 3. The molecule has 5 aliphatic carbocycles. The van der Waals surface area contributed by atoms with E-state index < -0.39 is 50.4 Å². The maximum Gasteiger partial charge on any atom is 0.313 e. The predicted molar refractivity (Wildman–Crippen MR) is 160 cm³/mol. The normalized spacial score (nSPS) is 33.0. The Morgan fingerprint density at radius 3 is 2.45 bits per heavy atom. The van der Waals surface area contributed by atoms with Crippen LogP contribution in [0, 0.1) is 29.5 Å². The molecular formula is C30H36F6N6O4S. The van der Waals surface area contributed by atoms with E-state index in [4.69, 9.17) is 9.47 Å². The molecule has 5 saturated carbocycles. The quantitative estimate of drug-likeness (QED) is 0.286. The number of amides is 2. The summed E-state index contributed by atoms with van der Waals surface area (Å²) >= 11 is 0. The highest BCUT2D eigenvalue weighted by Crippen LogP contribution is 3.02. The second-order valence-electron chi connectivity index (χ2n) is 13.6. The maximum absolute atomic E-state index is 14.0. The van der Waals surface area contributed by atoms with Crippen LogP contribution in [0.3, 0.4) is 0 Å². The van der Waals surface area contributed by atoms with E-state index in [-0.39, 0.29) is 41.0 Å². The van der Waals surface area contributed by atoms with E-state index in [0.717, 1.165) is 38.4 Å². The first-order valence-electron chi connectivity index (χ1n) is 15.7. The van der Waals surface area contributed by atoms with Crippen molar-refractivity contribution in [2.75, 3.05) is 44.0 Å². The summed E-state index contributed by atoms with van der Waals surface area (Å²) in [6.45, 7) is 3.16. The Morgan fingerprint density at radius 1 is 1.02 bits per heavy atom. The fraction of sp³-hybridized carbons (Fsp3) is 0.600. The summed E-state index contributed by atoms with van der Waals surface area (Å²) in [7, 11) is -8.99. The van der Waals surface area contributed by atoms with Crippen LogP contribution in [0.5, 0.6) is 5.88 Å². The highest BCUT2D eigenvalue weighted by Gasteiger charge is 2.67. The minimum atomic E-state index is -10.4. The van der Waals surface area contributed by atoms with Crippen LogP contribution in [-0.4, -0.2) is 77.7 Å². The molecule has 47 heavy (non-hydrogen) atoms. The summed E-state index contributed by atoms with van der Waals surface area (Å²) in [5.41, 5.74) is -0.800. The number of ether oxygens (including phenoxy) is 2. The molecule has 6 aliphatic rings. The second kappa shape index (κ2) is 10.6. The molecule has 10 nitrogen and oxygen atoms in total. The van der Waals surface area contributed by atoms with E-state index in [1.807, 2.05) is 0 Å². The standard InChI is InChI=1S/C30H36F6N6O4S/c1-45-29-24(26(37-15-38-29)41-30-12-18(13-30)21(14-30)42-6-8-46-9-7-42)28(44)40-25-17-3-2-16(10-17)23(25)27(43)39-19-4-5-20(31)22(11-19)47(32,33,34,35)36/h4-5,11,15-18,21,23,25H,2-3,6-10,12-14H2,1H3,(H,39,43)(H,40,44)(H,37,38,41)/t16-,17+,18?,21?,23+,25-,30?/m1/s1. The Hall–Kier alpha value is -3.31. The average molecular weight is 691 g/mol. The van der Waals surface area contributed by atoms with Crippen molar-refractivity contribution in [1.82, 2.24) is 20.2 Å². The molecule has 8 rings (SSSR count). The highest BCUT2D eigenvalue weighted by molar-refractivity contribution is 8.45. The van der Waals surface area contributed by atoms with Crippen LogP contribution in [0.4, 0.5) is 35.3 Å². The number of fused-ring (bicyclic) bond motifs is 3. The molecule has 2 aromatic rings. The third-order valence-corrected chi connectivity index (χ3v) is 11.9. The van der Waals surface area contributed by atoms with Gasteiger partial charge in [0.25, 0.3) is 5.91 Å². The number of methoxy groups -OCH3 is 1. The molecule has 2 heterocycles. The topological polar surface area (TPSA) is 118 Å². The van der Waals surface area contributed by atoms with E-state index in [1.165, 1.54) is 13.4 Å². The van der Waals surface area contributed by atoms with Gasteiger partial charge in [-0.3, -0.25) is 14.5 Å². The molecule has 1 saturated heterocycles. The fourth-order valence-corrected chi connectivity index (χ4v) is 9.50. The van der Waals surface area contributed by atoms with Crippen molar-refractivity contribution in [2.24, 2.45) is 23.7 Å². The van der Waals surface area contributed by atoms with Crippen LogP contribution >= 0.6 is 10.2 Å². The Bertz CT molecular complexity index is 1600. The molecule has 2 amide bonds. The Morgan fingerprint density at radius 2 is 1.74 bits per heavy atom. The van der Waals surface area contributed by atoms with Gasteiger partial charge in [0.2, 0.25) is 11.8 Å². The van der Waals surface area contributed by atoms with Crippen molar-refractivity contribution in [3.05, 3.63) is 35.9 Å². The van der Waals surface area contributed by atoms with Gasteiger partial charge in [0.1, 0.15) is 28.4 Å². The van der Waals surface area contributed by atoms with Crippen LogP contribution < -0.4 is 20.7 Å².